The van der Waals surface area contributed by atoms with Crippen molar-refractivity contribution in [3.8, 4) is 0 Å². The SMILES string of the molecule is Cc1cc(NC(=O)[C@@H](C)Sc2nnc(Cc3cccc4ccccc34)n2N)no1. The van der Waals surface area contributed by atoms with E-state index in [2.05, 4.69) is 44.9 Å². The van der Waals surface area contributed by atoms with E-state index >= 15 is 0 Å². The molecule has 0 spiro atoms. The van der Waals surface area contributed by atoms with Gasteiger partial charge in [0.1, 0.15) is 5.76 Å². The molecule has 2 aromatic heterocycles. The second-order valence-electron chi connectivity index (χ2n) is 6.66. The Balaban J connectivity index is 1.47. The van der Waals surface area contributed by atoms with Crippen molar-refractivity contribution in [1.82, 2.24) is 20.0 Å². The molecule has 8 nitrogen and oxygen atoms in total. The lowest BCUT2D eigenvalue weighted by Crippen LogP contribution is -2.24. The van der Waals surface area contributed by atoms with E-state index in [1.54, 1.807) is 19.9 Å². The molecule has 0 aliphatic carbocycles. The molecule has 2 heterocycles. The predicted octanol–water partition coefficient (Wildman–Crippen LogP) is 3.15. The van der Waals surface area contributed by atoms with E-state index in [1.807, 2.05) is 18.2 Å². The Hall–Kier alpha value is -3.33. The van der Waals surface area contributed by atoms with Crippen LogP contribution in [0, 0.1) is 6.92 Å². The number of anilines is 1. The van der Waals surface area contributed by atoms with Crippen molar-refractivity contribution in [2.75, 3.05) is 11.2 Å². The first-order chi connectivity index (χ1) is 14.0. The first kappa shape index (κ1) is 19.0. The smallest absolute Gasteiger partial charge is 0.238 e. The van der Waals surface area contributed by atoms with Gasteiger partial charge in [-0.15, -0.1) is 10.2 Å². The van der Waals surface area contributed by atoms with Gasteiger partial charge in [0.15, 0.2) is 11.6 Å². The van der Waals surface area contributed by atoms with E-state index in [1.165, 1.54) is 16.4 Å². The topological polar surface area (TPSA) is 112 Å². The van der Waals surface area contributed by atoms with Gasteiger partial charge in [-0.25, -0.2) is 4.68 Å². The number of thioether (sulfide) groups is 1. The Morgan fingerprint density at radius 3 is 2.83 bits per heavy atom. The first-order valence-corrected chi connectivity index (χ1v) is 9.96. The maximum Gasteiger partial charge on any atom is 0.238 e. The lowest BCUT2D eigenvalue weighted by Gasteiger charge is -2.10. The molecule has 0 saturated heterocycles. The number of benzene rings is 2. The third kappa shape index (κ3) is 4.09. The van der Waals surface area contributed by atoms with Gasteiger partial charge in [-0.3, -0.25) is 4.79 Å². The summed E-state index contributed by atoms with van der Waals surface area (Å²) in [5, 5.41) is 17.2. The summed E-state index contributed by atoms with van der Waals surface area (Å²) >= 11 is 1.23. The van der Waals surface area contributed by atoms with E-state index in [9.17, 15) is 4.79 Å². The van der Waals surface area contributed by atoms with Gasteiger partial charge in [0.25, 0.3) is 0 Å². The highest BCUT2D eigenvalue weighted by Crippen LogP contribution is 2.24. The maximum atomic E-state index is 12.4. The third-order valence-corrected chi connectivity index (χ3v) is 5.55. The zero-order chi connectivity index (χ0) is 20.4. The molecule has 148 valence electrons. The van der Waals surface area contributed by atoms with Crippen LogP contribution >= 0.6 is 11.8 Å². The molecular weight excluding hydrogens is 388 g/mol. The van der Waals surface area contributed by atoms with Crippen molar-refractivity contribution in [1.29, 1.82) is 0 Å². The summed E-state index contributed by atoms with van der Waals surface area (Å²) < 4.78 is 6.40. The number of aromatic nitrogens is 4. The number of hydrogen-bond acceptors (Lipinski definition) is 7. The molecule has 2 aromatic carbocycles. The van der Waals surface area contributed by atoms with E-state index in [4.69, 9.17) is 10.4 Å². The average molecular weight is 408 g/mol. The van der Waals surface area contributed by atoms with Crippen LogP contribution in [0.2, 0.25) is 0 Å². The first-order valence-electron chi connectivity index (χ1n) is 9.08. The minimum Gasteiger partial charge on any atom is -0.360 e. The molecule has 29 heavy (non-hydrogen) atoms. The number of nitrogens with zero attached hydrogens (tertiary/aromatic N) is 4. The van der Waals surface area contributed by atoms with E-state index in [0.29, 0.717) is 29.0 Å². The Morgan fingerprint density at radius 1 is 1.24 bits per heavy atom. The van der Waals surface area contributed by atoms with Gasteiger partial charge in [-0.1, -0.05) is 59.4 Å². The number of aryl methyl sites for hydroxylation is 1. The molecule has 4 rings (SSSR count). The number of nitrogens with two attached hydrogens (primary N) is 1. The van der Waals surface area contributed by atoms with Gasteiger partial charge < -0.3 is 15.7 Å². The molecule has 3 N–H and O–H groups in total. The Kier molecular flexibility index (Phi) is 5.22. The normalized spacial score (nSPS) is 12.2. The van der Waals surface area contributed by atoms with Gasteiger partial charge >= 0.3 is 0 Å². The van der Waals surface area contributed by atoms with Crippen LogP contribution in [0.5, 0.6) is 0 Å². The average Bonchev–Trinajstić information content (AvgIpc) is 3.28. The molecule has 0 radical (unpaired) electrons. The van der Waals surface area contributed by atoms with Crippen LogP contribution in [0.4, 0.5) is 5.82 Å². The molecule has 9 heteroatoms. The monoisotopic (exact) mass is 408 g/mol. The Labute approximate surface area is 171 Å². The number of nitrogen functional groups attached to an aromatic ring is 1. The molecule has 1 amide bonds. The van der Waals surface area contributed by atoms with E-state index in [0.717, 1.165) is 16.3 Å². The van der Waals surface area contributed by atoms with Crippen LogP contribution < -0.4 is 11.2 Å². The summed E-state index contributed by atoms with van der Waals surface area (Å²) in [6.45, 7) is 3.53. The number of fused-ring (bicyclic) bond motifs is 1. The number of rotatable bonds is 6. The van der Waals surface area contributed by atoms with Crippen molar-refractivity contribution < 1.29 is 9.32 Å². The molecule has 0 saturated carbocycles. The highest BCUT2D eigenvalue weighted by atomic mass is 32.2. The molecular formula is C20H20N6O2S. The number of carbonyl (C=O) groups excluding carboxylic acids is 1. The third-order valence-electron chi connectivity index (χ3n) is 4.49. The lowest BCUT2D eigenvalue weighted by molar-refractivity contribution is -0.115. The fraction of sp³-hybridized carbons (Fsp3) is 0.200. The molecule has 0 unspecified atom stereocenters. The van der Waals surface area contributed by atoms with Gasteiger partial charge in [-0.05, 0) is 30.2 Å². The van der Waals surface area contributed by atoms with Gasteiger partial charge in [0, 0.05) is 12.5 Å². The number of carbonyl (C=O) groups is 1. The molecule has 0 bridgehead atoms. The summed E-state index contributed by atoms with van der Waals surface area (Å²) in [5.41, 5.74) is 1.12. The molecule has 4 aromatic rings. The van der Waals surface area contributed by atoms with Gasteiger partial charge in [0.2, 0.25) is 11.1 Å². The highest BCUT2D eigenvalue weighted by molar-refractivity contribution is 8.00. The molecule has 0 aliphatic heterocycles. The van der Waals surface area contributed by atoms with E-state index in [-0.39, 0.29) is 5.91 Å². The lowest BCUT2D eigenvalue weighted by atomic mass is 10.0. The fourth-order valence-electron chi connectivity index (χ4n) is 2.99. The fourth-order valence-corrected chi connectivity index (χ4v) is 3.78. The van der Waals surface area contributed by atoms with Crippen molar-refractivity contribution in [3.05, 3.63) is 65.7 Å². The van der Waals surface area contributed by atoms with Crippen LogP contribution in [-0.2, 0) is 11.2 Å². The summed E-state index contributed by atoms with van der Waals surface area (Å²) in [6.07, 6.45) is 0.546. The van der Waals surface area contributed by atoms with Crippen LogP contribution in [0.15, 0.2) is 58.2 Å². The zero-order valence-corrected chi connectivity index (χ0v) is 16.8. The van der Waals surface area contributed by atoms with Gasteiger partial charge in [-0.2, -0.15) is 0 Å². The quantitative estimate of drug-likeness (QED) is 0.372. The highest BCUT2D eigenvalue weighted by Gasteiger charge is 2.20. The predicted molar refractivity (Wildman–Crippen MR) is 112 cm³/mol. The largest absolute Gasteiger partial charge is 0.360 e. The second kappa shape index (κ2) is 7.96. The van der Waals surface area contributed by atoms with Crippen LogP contribution in [-0.4, -0.2) is 31.2 Å². The van der Waals surface area contributed by atoms with Crippen LogP contribution in [0.1, 0.15) is 24.1 Å². The molecule has 0 fully saturated rings. The van der Waals surface area contributed by atoms with Crippen molar-refractivity contribution >= 4 is 34.3 Å². The number of nitrogens with one attached hydrogen (secondary N) is 1. The summed E-state index contributed by atoms with van der Waals surface area (Å²) in [6, 6.07) is 16.0. The minimum absolute atomic E-state index is 0.220. The van der Waals surface area contributed by atoms with Crippen LogP contribution in [0.3, 0.4) is 0 Å². The zero-order valence-electron chi connectivity index (χ0n) is 16.0. The minimum atomic E-state index is -0.441. The van der Waals surface area contributed by atoms with Crippen LogP contribution in [0.25, 0.3) is 10.8 Å². The Morgan fingerprint density at radius 2 is 2.03 bits per heavy atom. The van der Waals surface area contributed by atoms with Crippen molar-refractivity contribution in [3.63, 3.8) is 0 Å². The van der Waals surface area contributed by atoms with E-state index < -0.39 is 5.25 Å². The number of hydrogen-bond donors (Lipinski definition) is 2. The van der Waals surface area contributed by atoms with Gasteiger partial charge in [0.05, 0.1) is 5.25 Å². The van der Waals surface area contributed by atoms with Crippen molar-refractivity contribution in [2.24, 2.45) is 0 Å². The summed E-state index contributed by atoms with van der Waals surface area (Å²) in [7, 11) is 0. The molecule has 1 atom stereocenters. The number of amides is 1. The van der Waals surface area contributed by atoms with Crippen molar-refractivity contribution in [2.45, 2.75) is 30.7 Å². The summed E-state index contributed by atoms with van der Waals surface area (Å²) in [5.74, 6) is 7.62. The maximum absolute atomic E-state index is 12.4. The molecule has 0 aliphatic rings. The standard InChI is InChI=1S/C20H20N6O2S/c1-12-10-17(25-28-12)22-19(27)13(2)29-20-24-23-18(26(20)21)11-15-8-5-7-14-6-3-4-9-16(14)15/h3-10,13H,11,21H2,1-2H3,(H,22,25,27)/t13-/m1/s1. The second-order valence-corrected chi connectivity index (χ2v) is 7.96. The Bertz CT molecular complexity index is 1160. The summed E-state index contributed by atoms with van der Waals surface area (Å²) in [4.78, 5) is 12.4.